The fourth-order valence-corrected chi connectivity index (χ4v) is 5.40. The smallest absolute Gasteiger partial charge is 0.101 e. The van der Waals surface area contributed by atoms with Crippen LogP contribution in [-0.4, -0.2) is 4.98 Å². The van der Waals surface area contributed by atoms with E-state index in [-0.39, 0.29) is 0 Å². The summed E-state index contributed by atoms with van der Waals surface area (Å²) >= 11 is 0. The molecule has 1 aromatic heterocycles. The van der Waals surface area contributed by atoms with Gasteiger partial charge in [-0.05, 0) is 75.3 Å². The average Bonchev–Trinajstić information content (AvgIpc) is 2.37. The van der Waals surface area contributed by atoms with E-state index in [0.29, 0.717) is 5.41 Å². The maximum Gasteiger partial charge on any atom is 0.101 e. The quantitative estimate of drug-likeness (QED) is 0.763. The van der Waals surface area contributed by atoms with Crippen molar-refractivity contribution in [2.75, 3.05) is 0 Å². The van der Waals surface area contributed by atoms with Crippen LogP contribution in [0.1, 0.15) is 55.5 Å². The molecule has 0 saturated heterocycles. The van der Waals surface area contributed by atoms with E-state index in [2.05, 4.69) is 12.1 Å². The Morgan fingerprint density at radius 2 is 1.68 bits per heavy atom. The Morgan fingerprint density at radius 3 is 2.16 bits per heavy atom. The Kier molecular flexibility index (Phi) is 2.31. The number of hydrogen-bond acceptors (Lipinski definition) is 2. The Bertz CT molecular complexity index is 532. The van der Waals surface area contributed by atoms with Gasteiger partial charge < -0.3 is 0 Å². The minimum atomic E-state index is 0.355. The molecule has 0 atom stereocenters. The lowest BCUT2D eigenvalue weighted by atomic mass is 9.49. The molecule has 4 saturated carbocycles. The predicted molar refractivity (Wildman–Crippen MR) is 73.5 cm³/mol. The summed E-state index contributed by atoms with van der Waals surface area (Å²) in [4.78, 5) is 4.81. The number of nitriles is 1. The lowest BCUT2D eigenvalue weighted by Gasteiger charge is -2.56. The Morgan fingerprint density at radius 1 is 1.11 bits per heavy atom. The van der Waals surface area contributed by atoms with Gasteiger partial charge in [-0.1, -0.05) is 0 Å². The number of aromatic nitrogens is 1. The fourth-order valence-electron chi connectivity index (χ4n) is 5.40. The molecule has 0 spiro atoms. The first-order valence-electron chi connectivity index (χ1n) is 7.57. The van der Waals surface area contributed by atoms with E-state index >= 15 is 0 Å². The lowest BCUT2D eigenvalue weighted by Crippen LogP contribution is -2.49. The average molecular weight is 252 g/mol. The first-order valence-corrected chi connectivity index (χ1v) is 7.57. The Labute approximate surface area is 114 Å². The van der Waals surface area contributed by atoms with Crippen LogP contribution in [0.3, 0.4) is 0 Å². The van der Waals surface area contributed by atoms with Gasteiger partial charge in [-0.25, -0.2) is 0 Å². The van der Waals surface area contributed by atoms with Crippen molar-refractivity contribution in [3.05, 3.63) is 29.1 Å². The lowest BCUT2D eigenvalue weighted by molar-refractivity contribution is -0.00726. The molecule has 4 aliphatic rings. The van der Waals surface area contributed by atoms with Gasteiger partial charge >= 0.3 is 0 Å². The van der Waals surface area contributed by atoms with E-state index in [0.717, 1.165) is 29.0 Å². The molecular formula is C17H20N2. The van der Waals surface area contributed by atoms with E-state index in [1.54, 1.807) is 0 Å². The van der Waals surface area contributed by atoms with Gasteiger partial charge in [0.25, 0.3) is 0 Å². The van der Waals surface area contributed by atoms with Crippen LogP contribution < -0.4 is 0 Å². The van der Waals surface area contributed by atoms with Gasteiger partial charge in [-0.3, -0.25) is 4.98 Å². The second-order valence-corrected chi connectivity index (χ2v) is 7.14. The molecule has 0 radical (unpaired) electrons. The number of aryl methyl sites for hydroxylation is 1. The second-order valence-electron chi connectivity index (χ2n) is 7.14. The van der Waals surface area contributed by atoms with E-state index in [1.165, 1.54) is 44.2 Å². The molecule has 2 heteroatoms. The normalized spacial score (nSPS) is 39.3. The largest absolute Gasteiger partial charge is 0.256 e. The molecule has 4 bridgehead atoms. The van der Waals surface area contributed by atoms with Crippen molar-refractivity contribution in [3.63, 3.8) is 0 Å². The molecule has 5 rings (SSSR count). The summed E-state index contributed by atoms with van der Waals surface area (Å²) in [5.41, 5.74) is 3.28. The van der Waals surface area contributed by atoms with Gasteiger partial charge in [-0.2, -0.15) is 5.26 Å². The van der Waals surface area contributed by atoms with Gasteiger partial charge in [-0.15, -0.1) is 0 Å². The highest BCUT2D eigenvalue weighted by atomic mass is 14.8. The van der Waals surface area contributed by atoms with E-state index < -0.39 is 0 Å². The van der Waals surface area contributed by atoms with Gasteiger partial charge in [0.05, 0.1) is 11.3 Å². The van der Waals surface area contributed by atoms with E-state index in [1.807, 2.05) is 13.0 Å². The summed E-state index contributed by atoms with van der Waals surface area (Å²) in [5.74, 6) is 2.84. The highest BCUT2D eigenvalue weighted by Crippen LogP contribution is 2.60. The zero-order valence-corrected chi connectivity index (χ0v) is 11.5. The summed E-state index contributed by atoms with van der Waals surface area (Å²) in [7, 11) is 0. The highest BCUT2D eigenvalue weighted by molar-refractivity contribution is 5.36. The fraction of sp³-hybridized carbons (Fsp3) is 0.647. The predicted octanol–water partition coefficient (Wildman–Crippen LogP) is 3.73. The van der Waals surface area contributed by atoms with Crippen LogP contribution in [-0.2, 0) is 5.41 Å². The molecule has 0 amide bonds. The first-order chi connectivity index (χ1) is 9.18. The topological polar surface area (TPSA) is 36.7 Å². The summed E-state index contributed by atoms with van der Waals surface area (Å²) in [6.45, 7) is 1.97. The van der Waals surface area contributed by atoms with Crippen molar-refractivity contribution in [2.45, 2.75) is 50.9 Å². The maximum absolute atomic E-state index is 9.05. The van der Waals surface area contributed by atoms with E-state index in [9.17, 15) is 0 Å². The minimum Gasteiger partial charge on any atom is -0.256 e. The summed E-state index contributed by atoms with van der Waals surface area (Å²) in [5, 5.41) is 9.05. The zero-order chi connectivity index (χ0) is 13.0. The molecule has 19 heavy (non-hydrogen) atoms. The Balaban J connectivity index is 1.76. The maximum atomic E-state index is 9.05. The second kappa shape index (κ2) is 3.82. The van der Waals surface area contributed by atoms with Crippen LogP contribution in [0.25, 0.3) is 0 Å². The number of rotatable bonds is 1. The SMILES string of the molecule is Cc1nc(C23CC4CC(CC(C4)C2)C3)ccc1C#N. The zero-order valence-electron chi connectivity index (χ0n) is 11.5. The van der Waals surface area contributed by atoms with Gasteiger partial charge in [0, 0.05) is 11.1 Å². The molecule has 2 nitrogen and oxygen atoms in total. The summed E-state index contributed by atoms with van der Waals surface area (Å²) < 4.78 is 0. The van der Waals surface area contributed by atoms with Crippen molar-refractivity contribution in [3.8, 4) is 6.07 Å². The van der Waals surface area contributed by atoms with Gasteiger partial charge in [0.1, 0.15) is 6.07 Å². The molecule has 0 N–H and O–H groups in total. The molecule has 1 aromatic rings. The van der Waals surface area contributed by atoms with Crippen molar-refractivity contribution in [1.82, 2.24) is 4.98 Å². The number of nitrogens with zero attached hydrogens (tertiary/aromatic N) is 2. The van der Waals surface area contributed by atoms with Gasteiger partial charge in [0.15, 0.2) is 0 Å². The Hall–Kier alpha value is -1.36. The summed E-state index contributed by atoms with van der Waals surface area (Å²) in [6.07, 6.45) is 8.43. The third kappa shape index (κ3) is 1.64. The molecule has 0 aromatic carbocycles. The summed E-state index contributed by atoms with van der Waals surface area (Å²) in [6, 6.07) is 6.35. The van der Waals surface area contributed by atoms with Crippen LogP contribution >= 0.6 is 0 Å². The molecule has 4 aliphatic carbocycles. The first kappa shape index (κ1) is 11.5. The van der Waals surface area contributed by atoms with Crippen LogP contribution in [0.15, 0.2) is 12.1 Å². The van der Waals surface area contributed by atoms with Gasteiger partial charge in [0.2, 0.25) is 0 Å². The van der Waals surface area contributed by atoms with Crippen molar-refractivity contribution >= 4 is 0 Å². The molecule has 0 unspecified atom stereocenters. The van der Waals surface area contributed by atoms with Crippen LogP contribution in [0.4, 0.5) is 0 Å². The van der Waals surface area contributed by atoms with Crippen LogP contribution in [0, 0.1) is 36.0 Å². The molecule has 4 fully saturated rings. The molecule has 0 aliphatic heterocycles. The van der Waals surface area contributed by atoms with E-state index in [4.69, 9.17) is 10.2 Å². The monoisotopic (exact) mass is 252 g/mol. The third-order valence-electron chi connectivity index (χ3n) is 5.79. The van der Waals surface area contributed by atoms with Crippen LogP contribution in [0.2, 0.25) is 0 Å². The van der Waals surface area contributed by atoms with Crippen LogP contribution in [0.5, 0.6) is 0 Å². The van der Waals surface area contributed by atoms with Crippen molar-refractivity contribution in [2.24, 2.45) is 17.8 Å². The van der Waals surface area contributed by atoms with Crippen molar-refractivity contribution < 1.29 is 0 Å². The minimum absolute atomic E-state index is 0.355. The number of hydrogen-bond donors (Lipinski definition) is 0. The van der Waals surface area contributed by atoms with Crippen molar-refractivity contribution in [1.29, 1.82) is 5.26 Å². The molecular weight excluding hydrogens is 232 g/mol. The molecule has 98 valence electrons. The number of pyridine rings is 1. The molecule has 1 heterocycles. The third-order valence-corrected chi connectivity index (χ3v) is 5.79. The highest BCUT2D eigenvalue weighted by Gasteiger charge is 2.52. The standard InChI is InChI=1S/C17H20N2/c1-11-15(10-18)2-3-16(19-11)17-7-12-4-13(8-17)6-14(5-12)9-17/h2-3,12-14H,4-9H2,1H3.